The minimum absolute atomic E-state index is 0.243. The number of azide groups is 2. The average Bonchev–Trinajstić information content (AvgIpc) is 2.83. The number of ketones is 2. The van der Waals surface area contributed by atoms with Gasteiger partial charge in [0.25, 0.3) is 10.1 Å². The van der Waals surface area contributed by atoms with Crippen molar-refractivity contribution in [2.45, 2.75) is 0 Å². The van der Waals surface area contributed by atoms with Crippen LogP contribution in [-0.2, 0) is 14.9 Å². The number of fused-ring (bicyclic) bond motifs is 1. The molecule has 0 aromatic heterocycles. The maximum Gasteiger partial charge on any atom is 0.295 e. The first-order chi connectivity index (χ1) is 16.3. The molecule has 0 unspecified atom stereocenters. The van der Waals surface area contributed by atoms with Crippen LogP contribution in [0.2, 0.25) is 0 Å². The predicted molar refractivity (Wildman–Crippen MR) is 123 cm³/mol. The molecule has 0 fully saturated rings. The summed E-state index contributed by atoms with van der Waals surface area (Å²) >= 11 is 0. The second kappa shape index (κ2) is 8.66. The molecule has 0 aliphatic heterocycles. The van der Waals surface area contributed by atoms with Crippen molar-refractivity contribution in [2.75, 3.05) is 0 Å². The highest BCUT2D eigenvalue weighted by Crippen LogP contribution is 2.49. The quantitative estimate of drug-likeness (QED) is 0.166. The van der Waals surface area contributed by atoms with Gasteiger partial charge in [-0.25, -0.2) is 0 Å². The maximum absolute atomic E-state index is 13.0. The lowest BCUT2D eigenvalue weighted by Crippen LogP contribution is -2.26. The second-order valence-corrected chi connectivity index (χ2v) is 8.35. The zero-order chi connectivity index (χ0) is 24.5. The van der Waals surface area contributed by atoms with E-state index in [2.05, 4.69) is 20.1 Å². The Morgan fingerprint density at radius 1 is 0.735 bits per heavy atom. The molecule has 1 N–H and O–H groups in total. The minimum atomic E-state index is -5.23. The van der Waals surface area contributed by atoms with Crippen molar-refractivity contribution >= 4 is 32.3 Å². The molecule has 0 spiro atoms. The Labute approximate surface area is 192 Å². The summed E-state index contributed by atoms with van der Waals surface area (Å²) in [5.41, 5.74) is 17.5. The van der Waals surface area contributed by atoms with Crippen LogP contribution >= 0.6 is 0 Å². The number of hydrogen-bond donors (Lipinski definition) is 1. The summed E-state index contributed by atoms with van der Waals surface area (Å²) in [4.78, 5) is 29.7. The molecule has 0 atom stereocenters. The van der Waals surface area contributed by atoms with Gasteiger partial charge in [0, 0.05) is 21.0 Å². The number of rotatable bonds is 5. The number of benzene rings is 3. The van der Waals surface area contributed by atoms with Crippen molar-refractivity contribution in [3.05, 3.63) is 104 Å². The van der Waals surface area contributed by atoms with Gasteiger partial charge in [-0.15, -0.1) is 0 Å². The Morgan fingerprint density at radius 3 is 1.82 bits per heavy atom. The predicted octanol–water partition coefficient (Wildman–Crippen LogP) is 5.59. The lowest BCUT2D eigenvalue weighted by Gasteiger charge is -2.24. The molecule has 0 saturated heterocycles. The summed E-state index contributed by atoms with van der Waals surface area (Å²) in [5.74, 6) is -2.60. The van der Waals surface area contributed by atoms with E-state index in [0.717, 1.165) is 0 Å². The molecule has 1 aliphatic rings. The Bertz CT molecular complexity index is 1600. The van der Waals surface area contributed by atoms with Crippen molar-refractivity contribution < 1.29 is 22.6 Å². The van der Waals surface area contributed by atoms with Gasteiger partial charge in [-0.2, -0.15) is 8.42 Å². The fourth-order valence-corrected chi connectivity index (χ4v) is 4.65. The van der Waals surface area contributed by atoms with E-state index < -0.39 is 43.4 Å². The van der Waals surface area contributed by atoms with Crippen LogP contribution in [0.1, 0.15) is 15.9 Å². The summed E-state index contributed by atoms with van der Waals surface area (Å²) in [5, 5.41) is 6.73. The normalized spacial score (nSPS) is 13.1. The first-order valence-electron chi connectivity index (χ1n) is 9.52. The summed E-state index contributed by atoms with van der Waals surface area (Å²) in [6.45, 7) is 0. The topological polar surface area (TPSA) is 186 Å². The smallest absolute Gasteiger partial charge is 0.285 e. The van der Waals surface area contributed by atoms with E-state index >= 15 is 0 Å². The summed E-state index contributed by atoms with van der Waals surface area (Å²) in [6.07, 6.45) is 0. The largest absolute Gasteiger partial charge is 0.295 e. The van der Waals surface area contributed by atoms with E-state index in [-0.39, 0.29) is 11.3 Å². The molecule has 4 rings (SSSR count). The molecule has 3 aromatic carbocycles. The monoisotopic (exact) mass is 472 g/mol. The molecule has 166 valence electrons. The SMILES string of the molecule is [N-]=[N+]=NC1=C(S(=O)(=O)O)c2c(cc(-c3ccccc3)c(-c3ccccc3)c2N=[N+]=[N-])C(=O)C1=O. The van der Waals surface area contributed by atoms with Crippen molar-refractivity contribution in [1.29, 1.82) is 0 Å². The third-order valence-corrected chi connectivity index (χ3v) is 6.02. The first kappa shape index (κ1) is 22.5. The number of allylic oxidation sites excluding steroid dienone is 1. The average molecular weight is 472 g/mol. The molecule has 0 heterocycles. The van der Waals surface area contributed by atoms with Gasteiger partial charge in [-0.05, 0) is 39.4 Å². The molecular formula is C22H12N6O5S. The van der Waals surface area contributed by atoms with Crippen LogP contribution in [0, 0.1) is 0 Å². The van der Waals surface area contributed by atoms with E-state index in [0.29, 0.717) is 16.7 Å². The van der Waals surface area contributed by atoms with Gasteiger partial charge in [0.2, 0.25) is 11.6 Å². The van der Waals surface area contributed by atoms with Gasteiger partial charge in [0.1, 0.15) is 10.6 Å². The van der Waals surface area contributed by atoms with Crippen molar-refractivity contribution in [3.63, 3.8) is 0 Å². The standard InChI is InChI=1S/C22H12N6O5S/c23-27-25-18-16(13-9-5-2-6-10-13)14(12-7-3-1-4-8-12)11-15-17(18)22(34(31,32)33)19(26-28-24)21(30)20(15)29/h1-11H,(H,31,32,33). The second-order valence-electron chi connectivity index (χ2n) is 6.99. The van der Waals surface area contributed by atoms with Gasteiger partial charge in [-0.3, -0.25) is 14.1 Å². The summed E-state index contributed by atoms with van der Waals surface area (Å²) in [7, 11) is -5.23. The van der Waals surface area contributed by atoms with Gasteiger partial charge in [-0.1, -0.05) is 70.9 Å². The zero-order valence-corrected chi connectivity index (χ0v) is 17.8. The van der Waals surface area contributed by atoms with Crippen LogP contribution in [0.4, 0.5) is 5.69 Å². The van der Waals surface area contributed by atoms with Crippen LogP contribution in [0.25, 0.3) is 48.0 Å². The van der Waals surface area contributed by atoms with Gasteiger partial charge in [0.15, 0.2) is 0 Å². The molecular weight excluding hydrogens is 460 g/mol. The molecule has 11 nitrogen and oxygen atoms in total. The Kier molecular flexibility index (Phi) is 5.72. The molecule has 0 saturated carbocycles. The maximum atomic E-state index is 13.0. The molecule has 12 heteroatoms. The van der Waals surface area contributed by atoms with Crippen molar-refractivity contribution in [3.8, 4) is 22.3 Å². The molecule has 0 bridgehead atoms. The number of carbonyl (C=O) groups is 2. The van der Waals surface area contributed by atoms with E-state index in [1.807, 2.05) is 0 Å². The highest BCUT2D eigenvalue weighted by Gasteiger charge is 2.40. The van der Waals surface area contributed by atoms with Crippen molar-refractivity contribution in [1.82, 2.24) is 0 Å². The Morgan fingerprint density at radius 2 is 1.29 bits per heavy atom. The number of nitrogens with zero attached hydrogens (tertiary/aromatic N) is 6. The van der Waals surface area contributed by atoms with Gasteiger partial charge < -0.3 is 0 Å². The number of hydrogen-bond acceptors (Lipinski definition) is 6. The van der Waals surface area contributed by atoms with E-state index in [1.54, 1.807) is 60.7 Å². The third kappa shape index (κ3) is 3.71. The third-order valence-electron chi connectivity index (χ3n) is 5.10. The zero-order valence-electron chi connectivity index (χ0n) is 17.0. The van der Waals surface area contributed by atoms with Gasteiger partial charge >= 0.3 is 0 Å². The van der Waals surface area contributed by atoms with Crippen LogP contribution in [0.3, 0.4) is 0 Å². The van der Waals surface area contributed by atoms with E-state index in [9.17, 15) is 28.1 Å². The van der Waals surface area contributed by atoms with Crippen LogP contribution in [0.15, 0.2) is 82.7 Å². The van der Waals surface area contributed by atoms with Crippen molar-refractivity contribution in [2.24, 2.45) is 10.2 Å². The molecule has 3 aromatic rings. The molecule has 1 aliphatic carbocycles. The van der Waals surface area contributed by atoms with Gasteiger partial charge in [0.05, 0.1) is 5.69 Å². The number of carbonyl (C=O) groups excluding carboxylic acids is 2. The Balaban J connectivity index is 2.32. The fraction of sp³-hybridized carbons (Fsp3) is 0. The number of Topliss-reactive ketones (excluding diaryl/α,β-unsaturated/α-hetero) is 2. The van der Waals surface area contributed by atoms with E-state index in [1.165, 1.54) is 6.07 Å². The van der Waals surface area contributed by atoms with E-state index in [4.69, 9.17) is 5.53 Å². The van der Waals surface area contributed by atoms with Crippen LogP contribution < -0.4 is 0 Å². The fourth-order valence-electron chi connectivity index (χ4n) is 3.80. The minimum Gasteiger partial charge on any atom is -0.285 e. The summed E-state index contributed by atoms with van der Waals surface area (Å²) in [6, 6.07) is 18.4. The van der Waals surface area contributed by atoms with Crippen LogP contribution in [-0.4, -0.2) is 24.5 Å². The summed E-state index contributed by atoms with van der Waals surface area (Å²) < 4.78 is 34.7. The van der Waals surface area contributed by atoms with Crippen LogP contribution in [0.5, 0.6) is 0 Å². The highest BCUT2D eigenvalue weighted by atomic mass is 32.2. The molecule has 34 heavy (non-hydrogen) atoms. The Hall–Kier alpha value is -4.73. The lowest BCUT2D eigenvalue weighted by molar-refractivity contribution is -0.111. The lowest BCUT2D eigenvalue weighted by atomic mass is 9.83. The molecule has 0 amide bonds. The molecule has 0 radical (unpaired) electrons. The first-order valence-corrected chi connectivity index (χ1v) is 11.0. The highest BCUT2D eigenvalue weighted by molar-refractivity contribution is 7.95.